The lowest BCUT2D eigenvalue weighted by atomic mass is 10.1. The number of sulfonamides is 1. The summed E-state index contributed by atoms with van der Waals surface area (Å²) in [5, 5.41) is 3.52. The maximum atomic E-state index is 13.6. The zero-order chi connectivity index (χ0) is 25.5. The third-order valence-corrected chi connectivity index (χ3v) is 7.50. The molecule has 0 aliphatic rings. The largest absolute Gasteiger partial charge is 0.354 e. The Kier molecular flexibility index (Phi) is 10.7. The van der Waals surface area contributed by atoms with Crippen molar-refractivity contribution < 1.29 is 18.0 Å². The highest BCUT2D eigenvalue weighted by atomic mass is 79.9. The van der Waals surface area contributed by atoms with Crippen molar-refractivity contribution in [3.63, 3.8) is 0 Å². The third kappa shape index (κ3) is 7.60. The van der Waals surface area contributed by atoms with Crippen molar-refractivity contribution in [2.45, 2.75) is 39.3 Å². The van der Waals surface area contributed by atoms with Crippen molar-refractivity contribution >= 4 is 66.7 Å². The number of halogens is 3. The minimum atomic E-state index is -3.80. The number of amides is 2. The Bertz CT molecular complexity index is 1090. The van der Waals surface area contributed by atoms with Gasteiger partial charge in [-0.2, -0.15) is 0 Å². The van der Waals surface area contributed by atoms with E-state index in [4.69, 9.17) is 23.2 Å². The molecule has 2 aromatic rings. The molecule has 2 amide bonds. The minimum Gasteiger partial charge on any atom is -0.354 e. The highest BCUT2D eigenvalue weighted by Crippen LogP contribution is 2.28. The Morgan fingerprint density at radius 3 is 2.15 bits per heavy atom. The van der Waals surface area contributed by atoms with Crippen LogP contribution < -0.4 is 9.62 Å². The van der Waals surface area contributed by atoms with Crippen LogP contribution in [0.25, 0.3) is 0 Å². The van der Waals surface area contributed by atoms with Gasteiger partial charge in [0.2, 0.25) is 21.8 Å². The molecule has 11 heteroatoms. The van der Waals surface area contributed by atoms with Crippen LogP contribution >= 0.6 is 39.1 Å². The Morgan fingerprint density at radius 2 is 1.65 bits per heavy atom. The maximum absolute atomic E-state index is 13.6. The molecule has 2 aromatic carbocycles. The van der Waals surface area contributed by atoms with Gasteiger partial charge in [-0.1, -0.05) is 59.0 Å². The molecule has 0 fully saturated rings. The fraction of sp³-hybridized carbons (Fsp3) is 0.391. The summed E-state index contributed by atoms with van der Waals surface area (Å²) in [4.78, 5) is 27.9. The van der Waals surface area contributed by atoms with E-state index in [0.717, 1.165) is 21.5 Å². The lowest BCUT2D eigenvalue weighted by Gasteiger charge is -2.33. The van der Waals surface area contributed by atoms with Gasteiger partial charge in [0.1, 0.15) is 12.6 Å². The van der Waals surface area contributed by atoms with Crippen LogP contribution in [0.3, 0.4) is 0 Å². The Balaban J connectivity index is 2.47. The summed E-state index contributed by atoms with van der Waals surface area (Å²) >= 11 is 16.0. The van der Waals surface area contributed by atoms with E-state index < -0.39 is 28.5 Å². The molecule has 186 valence electrons. The SMILES string of the molecule is CCCNC(=O)C(CC)N(Cc1c(Cl)cccc1Cl)C(=O)CN(c1ccc(Br)cc1)S(C)(=O)=O. The summed E-state index contributed by atoms with van der Waals surface area (Å²) < 4.78 is 26.9. The van der Waals surface area contributed by atoms with Gasteiger partial charge in [0.15, 0.2) is 0 Å². The molecule has 0 spiro atoms. The third-order valence-electron chi connectivity index (χ3n) is 5.12. The molecule has 2 rings (SSSR count). The zero-order valence-corrected chi connectivity index (χ0v) is 23.1. The van der Waals surface area contributed by atoms with Crippen LogP contribution in [0.2, 0.25) is 10.0 Å². The quantitative estimate of drug-likeness (QED) is 0.404. The molecule has 34 heavy (non-hydrogen) atoms. The number of nitrogens with one attached hydrogen (secondary N) is 1. The van der Waals surface area contributed by atoms with Gasteiger partial charge in [-0.25, -0.2) is 8.42 Å². The van der Waals surface area contributed by atoms with Gasteiger partial charge in [-0.05, 0) is 49.2 Å². The van der Waals surface area contributed by atoms with E-state index in [9.17, 15) is 18.0 Å². The highest BCUT2D eigenvalue weighted by molar-refractivity contribution is 9.10. The standard InChI is InChI=1S/C23H28BrCl2N3O4S/c1-4-13-27-23(31)21(5-2)28(14-18-19(25)7-6-8-20(18)26)22(30)15-29(34(3,32)33)17-11-9-16(24)10-12-17/h6-12,21H,4-5,13-15H2,1-3H3,(H,27,31). The van der Waals surface area contributed by atoms with E-state index in [1.165, 1.54) is 4.90 Å². The lowest BCUT2D eigenvalue weighted by molar-refractivity contribution is -0.140. The number of benzene rings is 2. The molecule has 0 saturated heterocycles. The van der Waals surface area contributed by atoms with Crippen LogP contribution in [0.5, 0.6) is 0 Å². The summed E-state index contributed by atoms with van der Waals surface area (Å²) in [6.45, 7) is 3.63. The van der Waals surface area contributed by atoms with E-state index in [2.05, 4.69) is 21.2 Å². The van der Waals surface area contributed by atoms with Crippen molar-refractivity contribution in [1.29, 1.82) is 0 Å². The Labute approximate surface area is 219 Å². The molecular formula is C23H28BrCl2N3O4S. The molecule has 1 atom stereocenters. The lowest BCUT2D eigenvalue weighted by Crippen LogP contribution is -2.52. The molecule has 7 nitrogen and oxygen atoms in total. The van der Waals surface area contributed by atoms with Crippen molar-refractivity contribution in [3.05, 3.63) is 62.5 Å². The fourth-order valence-corrected chi connectivity index (χ4v) is 4.99. The van der Waals surface area contributed by atoms with Gasteiger partial charge in [0.05, 0.1) is 11.9 Å². The van der Waals surface area contributed by atoms with Gasteiger partial charge in [0.25, 0.3) is 0 Å². The first-order chi connectivity index (χ1) is 16.0. The second kappa shape index (κ2) is 12.8. The Morgan fingerprint density at radius 1 is 1.06 bits per heavy atom. The molecule has 0 aromatic heterocycles. The fourth-order valence-electron chi connectivity index (χ4n) is 3.36. The zero-order valence-electron chi connectivity index (χ0n) is 19.2. The number of anilines is 1. The summed E-state index contributed by atoms with van der Waals surface area (Å²) in [5.41, 5.74) is 0.814. The predicted molar refractivity (Wildman–Crippen MR) is 141 cm³/mol. The van der Waals surface area contributed by atoms with Crippen LogP contribution in [-0.4, -0.2) is 50.5 Å². The summed E-state index contributed by atoms with van der Waals surface area (Å²) in [5.74, 6) is -0.877. The summed E-state index contributed by atoms with van der Waals surface area (Å²) in [6, 6.07) is 10.7. The van der Waals surface area contributed by atoms with E-state index in [1.807, 2.05) is 6.92 Å². The maximum Gasteiger partial charge on any atom is 0.244 e. The van der Waals surface area contributed by atoms with Gasteiger partial charge in [0, 0.05) is 33.2 Å². The molecule has 0 bridgehead atoms. The molecular weight excluding hydrogens is 565 g/mol. The van der Waals surface area contributed by atoms with Gasteiger partial charge < -0.3 is 10.2 Å². The summed E-state index contributed by atoms with van der Waals surface area (Å²) in [7, 11) is -3.80. The average Bonchev–Trinajstić information content (AvgIpc) is 2.77. The normalized spacial score (nSPS) is 12.2. The average molecular weight is 593 g/mol. The molecule has 0 saturated carbocycles. The molecule has 0 radical (unpaired) electrons. The van der Waals surface area contributed by atoms with E-state index in [0.29, 0.717) is 34.3 Å². The van der Waals surface area contributed by atoms with Crippen molar-refractivity contribution in [2.75, 3.05) is 23.7 Å². The number of nitrogens with zero attached hydrogens (tertiary/aromatic N) is 2. The van der Waals surface area contributed by atoms with Crippen molar-refractivity contribution in [1.82, 2.24) is 10.2 Å². The van der Waals surface area contributed by atoms with Crippen LogP contribution in [0, 0.1) is 0 Å². The topological polar surface area (TPSA) is 86.8 Å². The number of carbonyl (C=O) groups excluding carboxylic acids is 2. The predicted octanol–water partition coefficient (Wildman–Crippen LogP) is 4.86. The first kappa shape index (κ1) is 28.4. The highest BCUT2D eigenvalue weighted by Gasteiger charge is 2.32. The van der Waals surface area contributed by atoms with Crippen LogP contribution in [0.4, 0.5) is 5.69 Å². The first-order valence-corrected chi connectivity index (χ1v) is 14.1. The molecule has 1 N–H and O–H groups in total. The van der Waals surface area contributed by atoms with Crippen LogP contribution in [0.15, 0.2) is 46.9 Å². The van der Waals surface area contributed by atoms with Gasteiger partial charge >= 0.3 is 0 Å². The van der Waals surface area contributed by atoms with E-state index >= 15 is 0 Å². The number of hydrogen-bond acceptors (Lipinski definition) is 4. The van der Waals surface area contributed by atoms with E-state index in [1.54, 1.807) is 49.4 Å². The smallest absolute Gasteiger partial charge is 0.244 e. The van der Waals surface area contributed by atoms with Crippen molar-refractivity contribution in [2.24, 2.45) is 0 Å². The van der Waals surface area contributed by atoms with Crippen LogP contribution in [0.1, 0.15) is 32.3 Å². The van der Waals surface area contributed by atoms with E-state index in [-0.39, 0.29) is 12.5 Å². The van der Waals surface area contributed by atoms with Crippen molar-refractivity contribution in [3.8, 4) is 0 Å². The Hall–Kier alpha value is -1.81. The molecule has 0 aliphatic carbocycles. The van der Waals surface area contributed by atoms with Gasteiger partial charge in [-0.3, -0.25) is 13.9 Å². The molecule has 0 heterocycles. The first-order valence-electron chi connectivity index (χ1n) is 10.7. The number of rotatable bonds is 11. The van der Waals surface area contributed by atoms with Gasteiger partial charge in [-0.15, -0.1) is 0 Å². The molecule has 1 unspecified atom stereocenters. The summed E-state index contributed by atoms with van der Waals surface area (Å²) in [6.07, 6.45) is 2.08. The second-order valence-corrected chi connectivity index (χ2v) is 11.3. The minimum absolute atomic E-state index is 0.0483. The number of carbonyl (C=O) groups is 2. The second-order valence-electron chi connectivity index (χ2n) is 7.68. The monoisotopic (exact) mass is 591 g/mol. The van der Waals surface area contributed by atoms with Crippen LogP contribution in [-0.2, 0) is 26.2 Å². The number of hydrogen-bond donors (Lipinski definition) is 1. The molecule has 0 aliphatic heterocycles.